The summed E-state index contributed by atoms with van der Waals surface area (Å²) in [5, 5.41) is 5.59. The number of carbonyl (C=O) groups excluding carboxylic acids is 2. The molecule has 0 saturated heterocycles. The van der Waals surface area contributed by atoms with E-state index >= 15 is 0 Å². The van der Waals surface area contributed by atoms with Gasteiger partial charge in [0.15, 0.2) is 17.3 Å². The molecule has 1 aromatic heterocycles. The molecule has 0 spiro atoms. The van der Waals surface area contributed by atoms with E-state index in [0.717, 1.165) is 28.6 Å². The summed E-state index contributed by atoms with van der Waals surface area (Å²) in [4.78, 5) is 23.5. The standard InChI is InChI=1S/C39H55Cl2FN2O9Si/c1-7-51-39(46)30-13-14-34(42)36(25-30)52-19-8-11-31-28(2)44(27-50-21-22-54(4,5)6)43-35(31)26-49-18-9-16-48-17-10-20-53-38-32(40)23-29(24-33(38)41)12-15-37(45)47-3/h13-14,23-25H,7-12,15-22,26-27H2,1-6H3. The molecule has 0 atom stereocenters. The van der Waals surface area contributed by atoms with Crippen molar-refractivity contribution in [2.45, 2.75) is 91.4 Å². The van der Waals surface area contributed by atoms with E-state index in [4.69, 9.17) is 56.7 Å². The number of methoxy groups -OCH3 is 1. The lowest BCUT2D eigenvalue weighted by atomic mass is 10.1. The van der Waals surface area contributed by atoms with Crippen molar-refractivity contribution in [2.75, 3.05) is 53.4 Å². The molecule has 0 aliphatic heterocycles. The van der Waals surface area contributed by atoms with E-state index in [9.17, 15) is 14.0 Å². The highest BCUT2D eigenvalue weighted by Gasteiger charge is 2.18. The Hall–Kier alpha value is -3.20. The van der Waals surface area contributed by atoms with Gasteiger partial charge >= 0.3 is 11.9 Å². The highest BCUT2D eigenvalue weighted by Crippen LogP contribution is 2.34. The summed E-state index contributed by atoms with van der Waals surface area (Å²) in [5.41, 5.74) is 3.92. The van der Waals surface area contributed by atoms with Crippen molar-refractivity contribution < 1.29 is 47.1 Å². The highest BCUT2D eigenvalue weighted by molar-refractivity contribution is 6.76. The maximum atomic E-state index is 14.4. The summed E-state index contributed by atoms with van der Waals surface area (Å²) < 4.78 is 55.3. The van der Waals surface area contributed by atoms with Crippen LogP contribution in [0, 0.1) is 12.7 Å². The molecule has 0 amide bonds. The molecule has 1 heterocycles. The number of benzene rings is 2. The monoisotopic (exact) mass is 812 g/mol. The SMILES string of the molecule is CCOC(=O)c1ccc(F)c(OCCCc2c(COCCCOCCCOc3c(Cl)cc(CCC(=O)OC)cc3Cl)nn(COCC[Si](C)(C)C)c2C)c1. The first-order valence-corrected chi connectivity index (χ1v) is 22.8. The molecule has 0 saturated carbocycles. The summed E-state index contributed by atoms with van der Waals surface area (Å²) in [6, 6.07) is 8.51. The molecule has 0 aliphatic rings. The number of carbonyl (C=O) groups is 2. The molecule has 0 unspecified atom stereocenters. The first-order chi connectivity index (χ1) is 25.8. The molecule has 2 aromatic carbocycles. The van der Waals surface area contributed by atoms with Crippen LogP contribution < -0.4 is 9.47 Å². The smallest absolute Gasteiger partial charge is 0.338 e. The number of ether oxygens (including phenoxy) is 7. The maximum Gasteiger partial charge on any atom is 0.338 e. The van der Waals surface area contributed by atoms with Crippen molar-refractivity contribution in [1.29, 1.82) is 0 Å². The maximum absolute atomic E-state index is 14.4. The van der Waals surface area contributed by atoms with Gasteiger partial charge in [-0.05, 0) is 87.0 Å². The Morgan fingerprint density at radius 3 is 2.24 bits per heavy atom. The molecule has 3 rings (SSSR count). The topological polar surface area (TPSA) is 117 Å². The van der Waals surface area contributed by atoms with Gasteiger partial charge in [-0.1, -0.05) is 42.8 Å². The predicted octanol–water partition coefficient (Wildman–Crippen LogP) is 8.64. The zero-order valence-electron chi connectivity index (χ0n) is 32.4. The summed E-state index contributed by atoms with van der Waals surface area (Å²) >= 11 is 12.7. The Balaban J connectivity index is 1.43. The number of rotatable bonds is 26. The number of hydrogen-bond acceptors (Lipinski definition) is 10. The molecular weight excluding hydrogens is 758 g/mol. The van der Waals surface area contributed by atoms with E-state index in [0.29, 0.717) is 94.3 Å². The molecule has 11 nitrogen and oxygen atoms in total. The van der Waals surface area contributed by atoms with Crippen LogP contribution in [0.3, 0.4) is 0 Å². The van der Waals surface area contributed by atoms with Gasteiger partial charge in [-0.2, -0.15) is 5.10 Å². The molecule has 0 radical (unpaired) electrons. The van der Waals surface area contributed by atoms with Crippen LogP contribution in [-0.2, 0) is 54.7 Å². The van der Waals surface area contributed by atoms with Crippen molar-refractivity contribution in [1.82, 2.24) is 9.78 Å². The van der Waals surface area contributed by atoms with Gasteiger partial charge in [0.25, 0.3) is 0 Å². The fourth-order valence-corrected chi connectivity index (χ4v) is 6.64. The van der Waals surface area contributed by atoms with Crippen LogP contribution in [0.1, 0.15) is 65.5 Å². The Morgan fingerprint density at radius 1 is 0.870 bits per heavy atom. The summed E-state index contributed by atoms with van der Waals surface area (Å²) in [6.45, 7) is 14.4. The highest BCUT2D eigenvalue weighted by atomic mass is 35.5. The Kier molecular flexibility index (Phi) is 19.8. The van der Waals surface area contributed by atoms with Gasteiger partial charge < -0.3 is 33.2 Å². The minimum Gasteiger partial charge on any atom is -0.490 e. The van der Waals surface area contributed by atoms with Crippen LogP contribution in [0.5, 0.6) is 11.5 Å². The Labute approximate surface area is 329 Å². The summed E-state index contributed by atoms with van der Waals surface area (Å²) in [6.07, 6.45) is 3.29. The second kappa shape index (κ2) is 23.7. The molecule has 15 heteroatoms. The minimum absolute atomic E-state index is 0.00988. The number of esters is 2. The van der Waals surface area contributed by atoms with Gasteiger partial charge in [-0.3, -0.25) is 4.79 Å². The molecule has 300 valence electrons. The fraction of sp³-hybridized carbons (Fsp3) is 0.564. The van der Waals surface area contributed by atoms with Crippen molar-refractivity contribution >= 4 is 43.2 Å². The Bertz CT molecular complexity index is 1610. The second-order valence-corrected chi connectivity index (χ2v) is 20.3. The first kappa shape index (κ1) is 45.2. The lowest BCUT2D eigenvalue weighted by Gasteiger charge is -2.15. The van der Waals surface area contributed by atoms with Crippen LogP contribution in [0.15, 0.2) is 30.3 Å². The van der Waals surface area contributed by atoms with E-state index in [2.05, 4.69) is 24.4 Å². The zero-order valence-corrected chi connectivity index (χ0v) is 34.9. The lowest BCUT2D eigenvalue weighted by Crippen LogP contribution is -2.22. The van der Waals surface area contributed by atoms with Gasteiger partial charge in [-0.25, -0.2) is 13.9 Å². The molecule has 0 bridgehead atoms. The third-order valence-corrected chi connectivity index (χ3v) is 10.6. The number of aryl methyl sites for hydroxylation is 1. The van der Waals surface area contributed by atoms with E-state index < -0.39 is 19.9 Å². The van der Waals surface area contributed by atoms with Crippen LogP contribution in [-0.4, -0.2) is 83.2 Å². The van der Waals surface area contributed by atoms with Crippen LogP contribution in [0.25, 0.3) is 0 Å². The molecule has 0 fully saturated rings. The molecule has 0 aliphatic carbocycles. The van der Waals surface area contributed by atoms with Gasteiger partial charge in [-0.15, -0.1) is 0 Å². The normalized spacial score (nSPS) is 11.5. The predicted molar refractivity (Wildman–Crippen MR) is 209 cm³/mol. The Morgan fingerprint density at radius 2 is 1.56 bits per heavy atom. The van der Waals surface area contributed by atoms with Crippen molar-refractivity contribution in [2.24, 2.45) is 0 Å². The van der Waals surface area contributed by atoms with Crippen molar-refractivity contribution in [3.8, 4) is 11.5 Å². The number of aromatic nitrogens is 2. The lowest BCUT2D eigenvalue weighted by molar-refractivity contribution is -0.140. The summed E-state index contributed by atoms with van der Waals surface area (Å²) in [7, 11) is 0.127. The van der Waals surface area contributed by atoms with Crippen LogP contribution in [0.2, 0.25) is 35.7 Å². The molecule has 0 N–H and O–H groups in total. The third-order valence-electron chi connectivity index (χ3n) is 8.29. The van der Waals surface area contributed by atoms with Crippen LogP contribution >= 0.6 is 23.2 Å². The van der Waals surface area contributed by atoms with Gasteiger partial charge in [0.05, 0.1) is 54.8 Å². The largest absolute Gasteiger partial charge is 0.490 e. The second-order valence-electron chi connectivity index (χ2n) is 13.9. The van der Waals surface area contributed by atoms with Gasteiger partial charge in [0, 0.05) is 53.0 Å². The van der Waals surface area contributed by atoms with E-state index in [1.807, 2.05) is 11.6 Å². The number of halogens is 3. The number of nitrogens with zero attached hydrogens (tertiary/aromatic N) is 2. The quantitative estimate of drug-likeness (QED) is 0.0443. The molecule has 54 heavy (non-hydrogen) atoms. The van der Waals surface area contributed by atoms with Gasteiger partial charge in [0.1, 0.15) is 6.73 Å². The van der Waals surface area contributed by atoms with E-state index in [-0.39, 0.29) is 36.9 Å². The molecule has 3 aromatic rings. The van der Waals surface area contributed by atoms with E-state index in [1.165, 1.54) is 25.3 Å². The third kappa shape index (κ3) is 15.9. The average Bonchev–Trinajstić information content (AvgIpc) is 3.42. The summed E-state index contributed by atoms with van der Waals surface area (Å²) in [5.74, 6) is -0.946. The number of hydrogen-bond donors (Lipinski definition) is 0. The zero-order chi connectivity index (χ0) is 39.5. The fourth-order valence-electron chi connectivity index (χ4n) is 5.24. The van der Waals surface area contributed by atoms with E-state index in [1.54, 1.807) is 19.1 Å². The van der Waals surface area contributed by atoms with Gasteiger partial charge in [0.2, 0.25) is 0 Å². The minimum atomic E-state index is -1.23. The van der Waals surface area contributed by atoms with Crippen molar-refractivity contribution in [3.63, 3.8) is 0 Å². The van der Waals surface area contributed by atoms with Crippen molar-refractivity contribution in [3.05, 3.63) is 74.3 Å². The molecular formula is C39H55Cl2FN2O9Si. The average molecular weight is 814 g/mol. The first-order valence-electron chi connectivity index (χ1n) is 18.4. The van der Waals surface area contributed by atoms with Crippen LogP contribution in [0.4, 0.5) is 4.39 Å².